The van der Waals surface area contributed by atoms with E-state index in [0.29, 0.717) is 6.54 Å². The van der Waals surface area contributed by atoms with Gasteiger partial charge in [0.05, 0.1) is 6.10 Å². The molecule has 1 aliphatic carbocycles. The number of amides is 1. The Kier molecular flexibility index (Phi) is 3.83. The molecule has 0 radical (unpaired) electrons. The van der Waals surface area contributed by atoms with Crippen LogP contribution < -0.4 is 5.32 Å². The maximum Gasteiger partial charge on any atom is 0.251 e. The Bertz CT molecular complexity index is 464. The molecule has 1 amide bonds. The molecule has 1 saturated heterocycles. The molecule has 0 spiro atoms. The molecular weight excluding hydrogens is 238 g/mol. The van der Waals surface area contributed by atoms with Crippen LogP contribution in [-0.2, 0) is 17.6 Å². The zero-order chi connectivity index (χ0) is 13.1. The highest BCUT2D eigenvalue weighted by Gasteiger charge is 2.17. The van der Waals surface area contributed by atoms with Gasteiger partial charge in [-0.05, 0) is 61.8 Å². The molecule has 2 aliphatic rings. The van der Waals surface area contributed by atoms with Gasteiger partial charge in [-0.2, -0.15) is 0 Å². The van der Waals surface area contributed by atoms with E-state index in [2.05, 4.69) is 17.4 Å². The van der Waals surface area contributed by atoms with Crippen LogP contribution >= 0.6 is 0 Å². The van der Waals surface area contributed by atoms with Gasteiger partial charge >= 0.3 is 0 Å². The number of ether oxygens (including phenoxy) is 1. The number of hydrogen-bond donors (Lipinski definition) is 1. The number of benzene rings is 1. The zero-order valence-electron chi connectivity index (χ0n) is 11.3. The summed E-state index contributed by atoms with van der Waals surface area (Å²) in [5.74, 6) is 0.0314. The Balaban J connectivity index is 1.62. The Morgan fingerprint density at radius 2 is 2.05 bits per heavy atom. The maximum atomic E-state index is 12.1. The normalized spacial score (nSPS) is 22.0. The van der Waals surface area contributed by atoms with Gasteiger partial charge in [0.1, 0.15) is 0 Å². The third kappa shape index (κ3) is 2.98. The fourth-order valence-electron chi connectivity index (χ4n) is 2.99. The minimum Gasteiger partial charge on any atom is -0.376 e. The lowest BCUT2D eigenvalue weighted by Gasteiger charge is -2.17. The van der Waals surface area contributed by atoms with Crippen molar-refractivity contribution in [1.29, 1.82) is 0 Å². The van der Waals surface area contributed by atoms with Crippen molar-refractivity contribution in [1.82, 2.24) is 5.32 Å². The van der Waals surface area contributed by atoms with Gasteiger partial charge in [0.15, 0.2) is 0 Å². The van der Waals surface area contributed by atoms with Crippen molar-refractivity contribution in [2.75, 3.05) is 13.2 Å². The molecule has 0 saturated carbocycles. The molecule has 1 atom stereocenters. The van der Waals surface area contributed by atoms with E-state index < -0.39 is 0 Å². The first-order valence-corrected chi connectivity index (χ1v) is 7.34. The van der Waals surface area contributed by atoms with Crippen LogP contribution in [0.3, 0.4) is 0 Å². The highest BCUT2D eigenvalue weighted by Crippen LogP contribution is 2.22. The molecule has 3 heteroatoms. The summed E-state index contributed by atoms with van der Waals surface area (Å²) < 4.78 is 5.52. The zero-order valence-corrected chi connectivity index (χ0v) is 11.3. The molecule has 102 valence electrons. The second-order valence-electron chi connectivity index (χ2n) is 5.54. The molecule has 1 aromatic rings. The number of aryl methyl sites for hydroxylation is 2. The number of carbonyl (C=O) groups is 1. The van der Waals surface area contributed by atoms with Crippen molar-refractivity contribution in [2.24, 2.45) is 0 Å². The average molecular weight is 259 g/mol. The average Bonchev–Trinajstić information content (AvgIpc) is 2.97. The molecule has 1 aromatic carbocycles. The van der Waals surface area contributed by atoms with Crippen molar-refractivity contribution in [3.8, 4) is 0 Å². The Labute approximate surface area is 114 Å². The molecule has 3 nitrogen and oxygen atoms in total. The van der Waals surface area contributed by atoms with Gasteiger partial charge in [-0.1, -0.05) is 6.07 Å². The van der Waals surface area contributed by atoms with Crippen LogP contribution in [0.2, 0.25) is 0 Å². The van der Waals surface area contributed by atoms with Crippen LogP contribution in [0, 0.1) is 0 Å². The lowest BCUT2D eigenvalue weighted by atomic mass is 9.90. The predicted molar refractivity (Wildman–Crippen MR) is 74.4 cm³/mol. The summed E-state index contributed by atoms with van der Waals surface area (Å²) in [7, 11) is 0. The van der Waals surface area contributed by atoms with Crippen LogP contribution in [0.4, 0.5) is 0 Å². The van der Waals surface area contributed by atoms with E-state index >= 15 is 0 Å². The van der Waals surface area contributed by atoms with Gasteiger partial charge in [-0.25, -0.2) is 0 Å². The topological polar surface area (TPSA) is 38.3 Å². The summed E-state index contributed by atoms with van der Waals surface area (Å²) in [6.45, 7) is 1.47. The van der Waals surface area contributed by atoms with Crippen molar-refractivity contribution in [3.63, 3.8) is 0 Å². The third-order valence-electron chi connectivity index (χ3n) is 4.12. The molecule has 1 N–H and O–H groups in total. The lowest BCUT2D eigenvalue weighted by Crippen LogP contribution is -2.31. The van der Waals surface area contributed by atoms with Gasteiger partial charge in [0, 0.05) is 18.7 Å². The summed E-state index contributed by atoms with van der Waals surface area (Å²) in [6, 6.07) is 6.14. The lowest BCUT2D eigenvalue weighted by molar-refractivity contribution is 0.0857. The van der Waals surface area contributed by atoms with E-state index in [1.165, 1.54) is 24.0 Å². The van der Waals surface area contributed by atoms with Crippen molar-refractivity contribution >= 4 is 5.91 Å². The SMILES string of the molecule is O=C(NC[C@@H]1CCCO1)c1ccc2c(c1)CCCC2. The fraction of sp³-hybridized carbons (Fsp3) is 0.562. The minimum absolute atomic E-state index is 0.0314. The van der Waals surface area contributed by atoms with E-state index in [1.54, 1.807) is 0 Å². The molecule has 3 rings (SSSR count). The molecular formula is C16H21NO2. The van der Waals surface area contributed by atoms with Gasteiger partial charge in [0.25, 0.3) is 5.91 Å². The van der Waals surface area contributed by atoms with Crippen LogP contribution in [-0.4, -0.2) is 25.2 Å². The standard InChI is InChI=1S/C16H21NO2/c18-16(17-11-15-6-3-9-19-15)14-8-7-12-4-1-2-5-13(12)10-14/h7-8,10,15H,1-6,9,11H2,(H,17,18)/t15-/m0/s1. The van der Waals surface area contributed by atoms with E-state index in [0.717, 1.165) is 37.9 Å². The predicted octanol–water partition coefficient (Wildman–Crippen LogP) is 2.47. The van der Waals surface area contributed by atoms with E-state index in [-0.39, 0.29) is 12.0 Å². The highest BCUT2D eigenvalue weighted by molar-refractivity contribution is 5.94. The minimum atomic E-state index is 0.0314. The number of rotatable bonds is 3. The number of hydrogen-bond acceptors (Lipinski definition) is 2. The number of carbonyl (C=O) groups excluding carboxylic acids is 1. The monoisotopic (exact) mass is 259 g/mol. The molecule has 1 fully saturated rings. The van der Waals surface area contributed by atoms with E-state index in [4.69, 9.17) is 4.74 Å². The van der Waals surface area contributed by atoms with E-state index in [1.807, 2.05) is 6.07 Å². The first-order valence-electron chi connectivity index (χ1n) is 7.34. The number of fused-ring (bicyclic) bond motifs is 1. The second-order valence-corrected chi connectivity index (χ2v) is 5.54. The van der Waals surface area contributed by atoms with Crippen LogP contribution in [0.5, 0.6) is 0 Å². The molecule has 1 heterocycles. The quantitative estimate of drug-likeness (QED) is 0.905. The van der Waals surface area contributed by atoms with Crippen molar-refractivity contribution in [2.45, 2.75) is 44.6 Å². The van der Waals surface area contributed by atoms with Gasteiger partial charge < -0.3 is 10.1 Å². The summed E-state index contributed by atoms with van der Waals surface area (Å²) in [5, 5.41) is 2.98. The Hall–Kier alpha value is -1.35. The summed E-state index contributed by atoms with van der Waals surface area (Å²) in [4.78, 5) is 12.1. The largest absolute Gasteiger partial charge is 0.376 e. The van der Waals surface area contributed by atoms with Crippen LogP contribution in [0.25, 0.3) is 0 Å². The van der Waals surface area contributed by atoms with Crippen molar-refractivity contribution < 1.29 is 9.53 Å². The Morgan fingerprint density at radius 1 is 1.21 bits per heavy atom. The fourth-order valence-corrected chi connectivity index (χ4v) is 2.99. The second kappa shape index (κ2) is 5.74. The Morgan fingerprint density at radius 3 is 2.84 bits per heavy atom. The molecule has 19 heavy (non-hydrogen) atoms. The van der Waals surface area contributed by atoms with E-state index in [9.17, 15) is 4.79 Å². The first-order chi connectivity index (χ1) is 9.33. The van der Waals surface area contributed by atoms with Crippen molar-refractivity contribution in [3.05, 3.63) is 34.9 Å². The summed E-state index contributed by atoms with van der Waals surface area (Å²) in [6.07, 6.45) is 7.17. The van der Waals surface area contributed by atoms with Gasteiger partial charge in [0.2, 0.25) is 0 Å². The van der Waals surface area contributed by atoms with Crippen LogP contribution in [0.1, 0.15) is 47.2 Å². The molecule has 1 aliphatic heterocycles. The molecule has 0 aromatic heterocycles. The first kappa shape index (κ1) is 12.7. The maximum absolute atomic E-state index is 12.1. The molecule has 0 bridgehead atoms. The highest BCUT2D eigenvalue weighted by atomic mass is 16.5. The summed E-state index contributed by atoms with van der Waals surface area (Å²) in [5.41, 5.74) is 3.57. The smallest absolute Gasteiger partial charge is 0.251 e. The molecule has 0 unspecified atom stereocenters. The van der Waals surface area contributed by atoms with Gasteiger partial charge in [-0.3, -0.25) is 4.79 Å². The summed E-state index contributed by atoms with van der Waals surface area (Å²) >= 11 is 0. The van der Waals surface area contributed by atoms with Crippen LogP contribution in [0.15, 0.2) is 18.2 Å². The van der Waals surface area contributed by atoms with Gasteiger partial charge in [-0.15, -0.1) is 0 Å². The third-order valence-corrected chi connectivity index (χ3v) is 4.12. The number of nitrogens with one attached hydrogen (secondary N) is 1.